The lowest BCUT2D eigenvalue weighted by Gasteiger charge is -2.30. The number of oxazole rings is 1. The van der Waals surface area contributed by atoms with Gasteiger partial charge in [0.2, 0.25) is 11.8 Å². The summed E-state index contributed by atoms with van der Waals surface area (Å²) in [4.78, 5) is 16.6. The van der Waals surface area contributed by atoms with E-state index in [0.717, 1.165) is 31.2 Å². The molecule has 2 N–H and O–H groups in total. The molecule has 1 saturated carbocycles. The number of carbonyl (C=O) groups excluding carboxylic acids is 1. The van der Waals surface area contributed by atoms with Crippen LogP contribution in [-0.4, -0.2) is 28.6 Å². The highest BCUT2D eigenvalue weighted by atomic mass is 16.3. The first-order chi connectivity index (χ1) is 11.3. The predicted molar refractivity (Wildman–Crippen MR) is 86.6 cm³/mol. The lowest BCUT2D eigenvalue weighted by molar-refractivity contribution is -0.121. The van der Waals surface area contributed by atoms with Crippen molar-refractivity contribution in [3.8, 4) is 11.5 Å². The van der Waals surface area contributed by atoms with Crippen LogP contribution in [0.4, 0.5) is 0 Å². The van der Waals surface area contributed by atoms with Crippen LogP contribution in [-0.2, 0) is 11.2 Å². The van der Waals surface area contributed by atoms with Crippen LogP contribution in [0, 0.1) is 5.92 Å². The Balaban J connectivity index is 1.59. The molecule has 1 aliphatic rings. The number of aliphatic hydroxyl groups is 1. The maximum atomic E-state index is 12.2. The number of hydrogen-bond acceptors (Lipinski definition) is 4. The second-order valence-electron chi connectivity index (χ2n) is 6.09. The average molecular weight is 314 g/mol. The highest BCUT2D eigenvalue weighted by molar-refractivity contribution is 5.78. The first kappa shape index (κ1) is 15.7. The number of nitrogens with one attached hydrogen (secondary N) is 1. The fraction of sp³-hybridized carbons (Fsp3) is 0.444. The van der Waals surface area contributed by atoms with Crippen molar-refractivity contribution >= 4 is 5.91 Å². The molecule has 5 heteroatoms. The molecule has 23 heavy (non-hydrogen) atoms. The second-order valence-corrected chi connectivity index (χ2v) is 6.09. The van der Waals surface area contributed by atoms with Crippen molar-refractivity contribution in [1.82, 2.24) is 10.3 Å². The predicted octanol–water partition coefficient (Wildman–Crippen LogP) is 2.55. The van der Waals surface area contributed by atoms with Crippen molar-refractivity contribution in [2.75, 3.05) is 6.61 Å². The van der Waals surface area contributed by atoms with E-state index < -0.39 is 0 Å². The Morgan fingerprint density at radius 2 is 2.04 bits per heavy atom. The fourth-order valence-electron chi connectivity index (χ4n) is 3.14. The van der Waals surface area contributed by atoms with Crippen molar-refractivity contribution in [2.24, 2.45) is 5.92 Å². The zero-order chi connectivity index (χ0) is 16.1. The van der Waals surface area contributed by atoms with Gasteiger partial charge in [-0.15, -0.1) is 0 Å². The summed E-state index contributed by atoms with van der Waals surface area (Å²) in [6.45, 7) is 0.132. The van der Waals surface area contributed by atoms with E-state index in [2.05, 4.69) is 10.3 Å². The van der Waals surface area contributed by atoms with Gasteiger partial charge in [-0.25, -0.2) is 4.98 Å². The monoisotopic (exact) mass is 314 g/mol. The Labute approximate surface area is 135 Å². The van der Waals surface area contributed by atoms with E-state index in [1.165, 1.54) is 6.26 Å². The molecule has 1 heterocycles. The van der Waals surface area contributed by atoms with Crippen LogP contribution in [0.25, 0.3) is 11.5 Å². The Hall–Kier alpha value is -2.14. The van der Waals surface area contributed by atoms with E-state index >= 15 is 0 Å². The summed E-state index contributed by atoms with van der Waals surface area (Å²) in [5.74, 6) is 0.632. The number of carbonyl (C=O) groups is 1. The number of aliphatic hydroxyl groups excluding tert-OH is 1. The third kappa shape index (κ3) is 3.99. The minimum atomic E-state index is -0.0664. The van der Waals surface area contributed by atoms with E-state index in [4.69, 9.17) is 4.42 Å². The van der Waals surface area contributed by atoms with Crippen LogP contribution in [0.1, 0.15) is 31.4 Å². The number of benzene rings is 1. The van der Waals surface area contributed by atoms with Crippen molar-refractivity contribution < 1.29 is 14.3 Å². The highest BCUT2D eigenvalue weighted by Gasteiger charge is 2.26. The summed E-state index contributed by atoms with van der Waals surface area (Å²) in [6.07, 6.45) is 5.87. The molecule has 122 valence electrons. The van der Waals surface area contributed by atoms with Crippen molar-refractivity contribution in [2.45, 2.75) is 38.1 Å². The van der Waals surface area contributed by atoms with E-state index in [-0.39, 0.29) is 30.9 Å². The standard InChI is InChI=1S/C18H22N2O3/c21-11-14-8-4-5-9-16(14)20-17(22)10-15-12-23-18(19-15)13-6-2-1-3-7-13/h1-3,6-7,12,14,16,21H,4-5,8-11H2,(H,20,22). The smallest absolute Gasteiger partial charge is 0.226 e. The van der Waals surface area contributed by atoms with Crippen molar-refractivity contribution in [3.63, 3.8) is 0 Å². The molecule has 2 atom stereocenters. The topological polar surface area (TPSA) is 75.4 Å². The zero-order valence-corrected chi connectivity index (χ0v) is 13.1. The number of rotatable bonds is 5. The molecular formula is C18H22N2O3. The number of hydrogen-bond donors (Lipinski definition) is 2. The van der Waals surface area contributed by atoms with Gasteiger partial charge < -0.3 is 14.8 Å². The fourth-order valence-corrected chi connectivity index (χ4v) is 3.14. The minimum Gasteiger partial charge on any atom is -0.444 e. The lowest BCUT2D eigenvalue weighted by Crippen LogP contribution is -2.44. The molecule has 1 amide bonds. The SMILES string of the molecule is O=C(Cc1coc(-c2ccccc2)n1)NC1CCCCC1CO. The van der Waals surface area contributed by atoms with Gasteiger partial charge in [0, 0.05) is 24.1 Å². The third-order valence-electron chi connectivity index (χ3n) is 4.40. The molecule has 0 aliphatic heterocycles. The lowest BCUT2D eigenvalue weighted by atomic mass is 9.85. The molecule has 0 bridgehead atoms. The van der Waals surface area contributed by atoms with Gasteiger partial charge >= 0.3 is 0 Å². The summed E-state index contributed by atoms with van der Waals surface area (Å²) in [7, 11) is 0. The normalized spacial score (nSPS) is 21.1. The third-order valence-corrected chi connectivity index (χ3v) is 4.40. The van der Waals surface area contributed by atoms with Crippen LogP contribution >= 0.6 is 0 Å². The molecule has 0 spiro atoms. The first-order valence-electron chi connectivity index (χ1n) is 8.16. The second kappa shape index (κ2) is 7.42. The van der Waals surface area contributed by atoms with Gasteiger partial charge in [-0.1, -0.05) is 31.0 Å². The summed E-state index contributed by atoms with van der Waals surface area (Å²) in [6, 6.07) is 9.69. The van der Waals surface area contributed by atoms with Crippen LogP contribution < -0.4 is 5.32 Å². The summed E-state index contributed by atoms with van der Waals surface area (Å²) < 4.78 is 5.45. The van der Waals surface area contributed by atoms with Gasteiger partial charge in [-0.05, 0) is 25.0 Å². The molecule has 2 unspecified atom stereocenters. The van der Waals surface area contributed by atoms with Gasteiger partial charge in [0.15, 0.2) is 0 Å². The molecule has 1 fully saturated rings. The Morgan fingerprint density at radius 1 is 1.26 bits per heavy atom. The molecule has 3 rings (SSSR count). The Bertz CT molecular complexity index is 639. The average Bonchev–Trinajstić information content (AvgIpc) is 3.04. The van der Waals surface area contributed by atoms with Crippen LogP contribution in [0.15, 0.2) is 41.0 Å². The van der Waals surface area contributed by atoms with Gasteiger partial charge in [0.05, 0.1) is 12.1 Å². The molecule has 5 nitrogen and oxygen atoms in total. The van der Waals surface area contributed by atoms with Gasteiger partial charge in [0.1, 0.15) is 6.26 Å². The van der Waals surface area contributed by atoms with E-state index in [1.54, 1.807) is 0 Å². The quantitative estimate of drug-likeness (QED) is 0.889. The van der Waals surface area contributed by atoms with Crippen LogP contribution in [0.2, 0.25) is 0 Å². The number of amides is 1. The van der Waals surface area contributed by atoms with E-state index in [9.17, 15) is 9.90 Å². The van der Waals surface area contributed by atoms with Gasteiger partial charge in [-0.2, -0.15) is 0 Å². The van der Waals surface area contributed by atoms with Crippen LogP contribution in [0.3, 0.4) is 0 Å². The summed E-state index contributed by atoms with van der Waals surface area (Å²) in [5, 5.41) is 12.5. The molecule has 1 aliphatic carbocycles. The summed E-state index contributed by atoms with van der Waals surface area (Å²) in [5.41, 5.74) is 1.52. The molecule has 0 saturated heterocycles. The van der Waals surface area contributed by atoms with Crippen LogP contribution in [0.5, 0.6) is 0 Å². The van der Waals surface area contributed by atoms with E-state index in [1.807, 2.05) is 30.3 Å². The number of nitrogens with zero attached hydrogens (tertiary/aromatic N) is 1. The largest absolute Gasteiger partial charge is 0.444 e. The van der Waals surface area contributed by atoms with Crippen molar-refractivity contribution in [3.05, 3.63) is 42.3 Å². The van der Waals surface area contributed by atoms with E-state index in [0.29, 0.717) is 11.6 Å². The van der Waals surface area contributed by atoms with Gasteiger partial charge in [0.25, 0.3) is 0 Å². The zero-order valence-electron chi connectivity index (χ0n) is 13.1. The molecule has 2 aromatic rings. The maximum Gasteiger partial charge on any atom is 0.226 e. The maximum absolute atomic E-state index is 12.2. The molecule has 1 aromatic carbocycles. The summed E-state index contributed by atoms with van der Waals surface area (Å²) >= 11 is 0. The number of aromatic nitrogens is 1. The minimum absolute atomic E-state index is 0.0664. The highest BCUT2D eigenvalue weighted by Crippen LogP contribution is 2.24. The first-order valence-corrected chi connectivity index (χ1v) is 8.16. The molecule has 1 aromatic heterocycles. The molecule has 0 radical (unpaired) electrons. The Kier molecular flexibility index (Phi) is 5.08. The van der Waals surface area contributed by atoms with Gasteiger partial charge in [-0.3, -0.25) is 4.79 Å². The van der Waals surface area contributed by atoms with Crippen molar-refractivity contribution in [1.29, 1.82) is 0 Å². The molecular weight excluding hydrogens is 292 g/mol. The Morgan fingerprint density at radius 3 is 2.83 bits per heavy atom.